The molecular weight excluding hydrogens is 218 g/mol. The summed E-state index contributed by atoms with van der Waals surface area (Å²) in [7, 11) is 0. The third kappa shape index (κ3) is 1.57. The summed E-state index contributed by atoms with van der Waals surface area (Å²) < 4.78 is 6.64. The summed E-state index contributed by atoms with van der Waals surface area (Å²) >= 11 is 3.46. The maximum atomic E-state index is 5.57. The second kappa shape index (κ2) is 3.62. The van der Waals surface area contributed by atoms with Gasteiger partial charge in [-0.1, -0.05) is 6.92 Å². The lowest BCUT2D eigenvalue weighted by Crippen LogP contribution is -2.08. The van der Waals surface area contributed by atoms with E-state index >= 15 is 0 Å². The van der Waals surface area contributed by atoms with E-state index in [2.05, 4.69) is 22.9 Å². The second-order valence-electron chi connectivity index (χ2n) is 3.10. The first kappa shape index (κ1) is 9.81. The highest BCUT2D eigenvalue weighted by Crippen LogP contribution is 2.30. The molecule has 3 heteroatoms. The van der Waals surface area contributed by atoms with E-state index in [1.54, 1.807) is 0 Å². The van der Waals surface area contributed by atoms with Crippen LogP contribution in [0.25, 0.3) is 0 Å². The molecule has 1 unspecified atom stereocenters. The van der Waals surface area contributed by atoms with Crippen molar-refractivity contribution in [1.82, 2.24) is 0 Å². The molecule has 2 nitrogen and oxygen atoms in total. The Kier molecular flexibility index (Phi) is 2.96. The number of rotatable bonds is 2. The van der Waals surface area contributed by atoms with Crippen LogP contribution in [0.2, 0.25) is 0 Å². The van der Waals surface area contributed by atoms with Gasteiger partial charge in [0.05, 0.1) is 4.47 Å². The van der Waals surface area contributed by atoms with Crippen LogP contribution in [0.3, 0.4) is 0 Å². The molecule has 1 aromatic rings. The van der Waals surface area contributed by atoms with Gasteiger partial charge in [0.15, 0.2) is 0 Å². The fourth-order valence-electron chi connectivity index (χ4n) is 1.24. The van der Waals surface area contributed by atoms with Crippen molar-refractivity contribution in [3.05, 3.63) is 21.6 Å². The van der Waals surface area contributed by atoms with Gasteiger partial charge < -0.3 is 10.2 Å². The molecule has 1 aromatic heterocycles. The van der Waals surface area contributed by atoms with Crippen LogP contribution in [-0.4, -0.2) is 6.54 Å². The van der Waals surface area contributed by atoms with E-state index in [0.29, 0.717) is 12.5 Å². The maximum absolute atomic E-state index is 5.57. The van der Waals surface area contributed by atoms with Crippen molar-refractivity contribution >= 4 is 15.9 Å². The van der Waals surface area contributed by atoms with E-state index in [9.17, 15) is 0 Å². The first-order chi connectivity index (χ1) is 5.57. The lowest BCUT2D eigenvalue weighted by Gasteiger charge is -2.04. The summed E-state index contributed by atoms with van der Waals surface area (Å²) in [6.45, 7) is 6.68. The largest absolute Gasteiger partial charge is 0.465 e. The quantitative estimate of drug-likeness (QED) is 0.851. The van der Waals surface area contributed by atoms with E-state index in [0.717, 1.165) is 16.0 Å². The summed E-state index contributed by atoms with van der Waals surface area (Å²) in [5, 5.41) is 0. The number of hydrogen-bond donors (Lipinski definition) is 1. The zero-order valence-electron chi connectivity index (χ0n) is 7.65. The molecule has 0 amide bonds. The lowest BCUT2D eigenvalue weighted by atomic mass is 10.1. The molecule has 0 bridgehead atoms. The van der Waals surface area contributed by atoms with Crippen LogP contribution in [0.5, 0.6) is 0 Å². The van der Waals surface area contributed by atoms with Crippen molar-refractivity contribution in [1.29, 1.82) is 0 Å². The number of hydrogen-bond acceptors (Lipinski definition) is 2. The molecule has 0 aliphatic rings. The third-order valence-electron chi connectivity index (χ3n) is 2.07. The molecule has 0 radical (unpaired) electrons. The standard InChI is InChI=1S/C9H14BrNO/c1-5(4-11)9-6(2)8(10)7(3)12-9/h5H,4,11H2,1-3H3. The minimum atomic E-state index is 0.301. The van der Waals surface area contributed by atoms with E-state index < -0.39 is 0 Å². The highest BCUT2D eigenvalue weighted by atomic mass is 79.9. The molecule has 0 aliphatic carbocycles. The average molecular weight is 232 g/mol. The molecule has 1 rings (SSSR count). The van der Waals surface area contributed by atoms with E-state index in [1.807, 2.05) is 13.8 Å². The van der Waals surface area contributed by atoms with Crippen LogP contribution in [0.15, 0.2) is 8.89 Å². The fourth-order valence-corrected chi connectivity index (χ4v) is 1.51. The lowest BCUT2D eigenvalue weighted by molar-refractivity contribution is 0.452. The number of aryl methyl sites for hydroxylation is 1. The van der Waals surface area contributed by atoms with Crippen LogP contribution in [0, 0.1) is 13.8 Å². The van der Waals surface area contributed by atoms with Crippen LogP contribution >= 0.6 is 15.9 Å². The van der Waals surface area contributed by atoms with Crippen molar-refractivity contribution in [3.63, 3.8) is 0 Å². The summed E-state index contributed by atoms with van der Waals surface area (Å²) in [6, 6.07) is 0. The smallest absolute Gasteiger partial charge is 0.115 e. The molecule has 0 aromatic carbocycles. The Morgan fingerprint density at radius 2 is 2.08 bits per heavy atom. The summed E-state index contributed by atoms with van der Waals surface area (Å²) in [5.74, 6) is 2.24. The number of halogens is 1. The summed E-state index contributed by atoms with van der Waals surface area (Å²) in [5.41, 5.74) is 6.73. The van der Waals surface area contributed by atoms with Crippen molar-refractivity contribution in [2.24, 2.45) is 5.73 Å². The Bertz CT molecular complexity index is 280. The van der Waals surface area contributed by atoms with Gasteiger partial charge in [-0.2, -0.15) is 0 Å². The van der Waals surface area contributed by atoms with E-state index in [-0.39, 0.29) is 0 Å². The Hall–Kier alpha value is -0.280. The zero-order chi connectivity index (χ0) is 9.30. The number of furan rings is 1. The summed E-state index contributed by atoms with van der Waals surface area (Å²) in [4.78, 5) is 0. The van der Waals surface area contributed by atoms with Gasteiger partial charge >= 0.3 is 0 Å². The third-order valence-corrected chi connectivity index (χ3v) is 3.23. The van der Waals surface area contributed by atoms with Crippen molar-refractivity contribution in [3.8, 4) is 0 Å². The van der Waals surface area contributed by atoms with Gasteiger partial charge in [-0.3, -0.25) is 0 Å². The Morgan fingerprint density at radius 3 is 2.42 bits per heavy atom. The average Bonchev–Trinajstić information content (AvgIpc) is 2.32. The van der Waals surface area contributed by atoms with E-state index in [4.69, 9.17) is 10.2 Å². The second-order valence-corrected chi connectivity index (χ2v) is 3.89. The van der Waals surface area contributed by atoms with Gasteiger partial charge in [-0.25, -0.2) is 0 Å². The van der Waals surface area contributed by atoms with Crippen molar-refractivity contribution in [2.75, 3.05) is 6.54 Å². The molecule has 0 saturated carbocycles. The normalized spacial score (nSPS) is 13.4. The molecule has 1 atom stereocenters. The summed E-state index contributed by atoms with van der Waals surface area (Å²) in [6.07, 6.45) is 0. The Balaban J connectivity index is 3.08. The van der Waals surface area contributed by atoms with Gasteiger partial charge in [0.1, 0.15) is 11.5 Å². The first-order valence-electron chi connectivity index (χ1n) is 4.03. The van der Waals surface area contributed by atoms with Crippen molar-refractivity contribution < 1.29 is 4.42 Å². The van der Waals surface area contributed by atoms with Gasteiger partial charge in [-0.15, -0.1) is 0 Å². The Labute approximate surface area is 81.3 Å². The topological polar surface area (TPSA) is 39.2 Å². The van der Waals surface area contributed by atoms with Crippen molar-refractivity contribution in [2.45, 2.75) is 26.7 Å². The highest BCUT2D eigenvalue weighted by molar-refractivity contribution is 9.10. The molecule has 68 valence electrons. The van der Waals surface area contributed by atoms with Gasteiger partial charge in [0, 0.05) is 18.0 Å². The highest BCUT2D eigenvalue weighted by Gasteiger charge is 2.16. The molecule has 0 aliphatic heterocycles. The predicted octanol–water partition coefficient (Wildman–Crippen LogP) is 2.72. The predicted molar refractivity (Wildman–Crippen MR) is 53.4 cm³/mol. The van der Waals surface area contributed by atoms with Gasteiger partial charge in [0.2, 0.25) is 0 Å². The minimum absolute atomic E-state index is 0.301. The SMILES string of the molecule is Cc1oc(C(C)CN)c(C)c1Br. The fraction of sp³-hybridized carbons (Fsp3) is 0.556. The molecule has 2 N–H and O–H groups in total. The molecule has 0 fully saturated rings. The van der Waals surface area contributed by atoms with Gasteiger partial charge in [-0.05, 0) is 29.8 Å². The molecule has 12 heavy (non-hydrogen) atoms. The van der Waals surface area contributed by atoms with Crippen LogP contribution in [0.4, 0.5) is 0 Å². The van der Waals surface area contributed by atoms with Crippen LogP contribution in [-0.2, 0) is 0 Å². The Morgan fingerprint density at radius 1 is 1.50 bits per heavy atom. The molecule has 0 saturated heterocycles. The monoisotopic (exact) mass is 231 g/mol. The van der Waals surface area contributed by atoms with Crippen LogP contribution < -0.4 is 5.73 Å². The maximum Gasteiger partial charge on any atom is 0.115 e. The molecular formula is C9H14BrNO. The van der Waals surface area contributed by atoms with E-state index in [1.165, 1.54) is 5.56 Å². The zero-order valence-corrected chi connectivity index (χ0v) is 9.23. The minimum Gasteiger partial charge on any atom is -0.465 e. The van der Waals surface area contributed by atoms with Crippen LogP contribution in [0.1, 0.15) is 29.9 Å². The van der Waals surface area contributed by atoms with Gasteiger partial charge in [0.25, 0.3) is 0 Å². The first-order valence-corrected chi connectivity index (χ1v) is 4.82. The molecule has 0 spiro atoms. The number of nitrogens with two attached hydrogens (primary N) is 1. The molecule has 1 heterocycles.